The molecular formula is C19H20O4. The lowest BCUT2D eigenvalue weighted by Crippen LogP contribution is -2.30. The Hall–Kier alpha value is -2.46. The molecule has 4 heteroatoms. The van der Waals surface area contributed by atoms with Crippen LogP contribution in [-0.4, -0.2) is 22.0 Å². The molecule has 120 valence electrons. The van der Waals surface area contributed by atoms with Crippen LogP contribution in [0.3, 0.4) is 0 Å². The molecule has 0 heterocycles. The summed E-state index contributed by atoms with van der Waals surface area (Å²) in [5.41, 5.74) is 0.339. The number of carbonyl (C=O) groups is 2. The molecule has 0 spiro atoms. The van der Waals surface area contributed by atoms with E-state index in [9.17, 15) is 14.7 Å². The van der Waals surface area contributed by atoms with Crippen molar-refractivity contribution in [2.45, 2.75) is 31.3 Å². The van der Waals surface area contributed by atoms with Gasteiger partial charge >= 0.3 is 5.97 Å². The van der Waals surface area contributed by atoms with Crippen LogP contribution in [0, 0.1) is 0 Å². The number of aryl methyl sites for hydroxylation is 1. The molecule has 1 atom stereocenters. The molecule has 2 rings (SSSR count). The van der Waals surface area contributed by atoms with Gasteiger partial charge in [-0.15, -0.1) is 0 Å². The molecule has 0 saturated carbocycles. The van der Waals surface area contributed by atoms with Crippen LogP contribution in [0.1, 0.15) is 30.4 Å². The fourth-order valence-electron chi connectivity index (χ4n) is 2.64. The Morgan fingerprint density at radius 2 is 1.48 bits per heavy atom. The van der Waals surface area contributed by atoms with Gasteiger partial charge in [-0.3, -0.25) is 9.59 Å². The number of rotatable bonds is 8. The van der Waals surface area contributed by atoms with Crippen molar-refractivity contribution < 1.29 is 19.8 Å². The highest BCUT2D eigenvalue weighted by atomic mass is 16.4. The fraction of sp³-hybridized carbons (Fsp3) is 0.263. The topological polar surface area (TPSA) is 74.6 Å². The standard InChI is InChI=1S/C19H20O4/c20-17(13-18(21)22)14-19(23,16-9-5-2-6-10-16)12-11-15-7-3-1-4-8-15/h1-10,23H,11-14H2,(H,21,22). The van der Waals surface area contributed by atoms with E-state index in [0.29, 0.717) is 18.4 Å². The highest BCUT2D eigenvalue weighted by molar-refractivity contribution is 5.95. The van der Waals surface area contributed by atoms with Gasteiger partial charge in [0.05, 0.1) is 5.60 Å². The molecule has 1 unspecified atom stereocenters. The van der Waals surface area contributed by atoms with Gasteiger partial charge in [-0.05, 0) is 24.0 Å². The Labute approximate surface area is 135 Å². The Balaban J connectivity index is 2.17. The van der Waals surface area contributed by atoms with E-state index >= 15 is 0 Å². The third kappa shape index (κ3) is 5.04. The van der Waals surface area contributed by atoms with Gasteiger partial charge in [0.1, 0.15) is 12.2 Å². The molecule has 0 aliphatic heterocycles. The van der Waals surface area contributed by atoms with Crippen molar-refractivity contribution in [1.29, 1.82) is 0 Å². The first-order chi connectivity index (χ1) is 11.0. The lowest BCUT2D eigenvalue weighted by atomic mass is 9.83. The average Bonchev–Trinajstić information content (AvgIpc) is 2.54. The summed E-state index contributed by atoms with van der Waals surface area (Å²) in [6, 6.07) is 18.6. The summed E-state index contributed by atoms with van der Waals surface area (Å²) in [5.74, 6) is -1.65. The number of carboxylic acid groups (broad SMARTS) is 1. The van der Waals surface area contributed by atoms with Crippen LogP contribution >= 0.6 is 0 Å². The van der Waals surface area contributed by atoms with E-state index in [4.69, 9.17) is 5.11 Å². The monoisotopic (exact) mass is 312 g/mol. The first-order valence-electron chi connectivity index (χ1n) is 7.55. The molecular weight excluding hydrogens is 292 g/mol. The maximum Gasteiger partial charge on any atom is 0.310 e. The van der Waals surface area contributed by atoms with Crippen molar-refractivity contribution in [3.8, 4) is 0 Å². The van der Waals surface area contributed by atoms with E-state index in [1.165, 1.54) is 0 Å². The average molecular weight is 312 g/mol. The Morgan fingerprint density at radius 3 is 2.04 bits per heavy atom. The summed E-state index contributed by atoms with van der Waals surface area (Å²) < 4.78 is 0. The number of Topliss-reactive ketones (excluding diaryl/α,β-unsaturated/α-hetero) is 1. The highest BCUT2D eigenvalue weighted by Gasteiger charge is 2.32. The second-order valence-corrected chi connectivity index (χ2v) is 5.67. The third-order valence-corrected chi connectivity index (χ3v) is 3.82. The van der Waals surface area contributed by atoms with E-state index in [0.717, 1.165) is 5.56 Å². The molecule has 0 bridgehead atoms. The lowest BCUT2D eigenvalue weighted by molar-refractivity contribution is -0.141. The zero-order chi connectivity index (χ0) is 16.7. The minimum Gasteiger partial charge on any atom is -0.481 e. The van der Waals surface area contributed by atoms with Crippen molar-refractivity contribution >= 4 is 11.8 Å². The SMILES string of the molecule is O=C(O)CC(=O)CC(O)(CCc1ccccc1)c1ccccc1. The summed E-state index contributed by atoms with van der Waals surface area (Å²) in [6.45, 7) is 0. The zero-order valence-corrected chi connectivity index (χ0v) is 12.8. The molecule has 0 aliphatic carbocycles. The van der Waals surface area contributed by atoms with Crippen molar-refractivity contribution in [2.75, 3.05) is 0 Å². The minimum absolute atomic E-state index is 0.198. The molecule has 23 heavy (non-hydrogen) atoms. The van der Waals surface area contributed by atoms with Crippen LogP contribution in [0.4, 0.5) is 0 Å². The normalized spacial score (nSPS) is 13.3. The molecule has 2 aromatic rings. The summed E-state index contributed by atoms with van der Waals surface area (Å²) in [4.78, 5) is 22.6. The van der Waals surface area contributed by atoms with Gasteiger partial charge in [0.2, 0.25) is 0 Å². The number of aliphatic hydroxyl groups is 1. The van der Waals surface area contributed by atoms with Crippen LogP contribution in [0.15, 0.2) is 60.7 Å². The van der Waals surface area contributed by atoms with Gasteiger partial charge in [-0.1, -0.05) is 60.7 Å². The molecule has 0 aliphatic rings. The number of hydrogen-bond acceptors (Lipinski definition) is 3. The number of benzene rings is 2. The van der Waals surface area contributed by atoms with Crippen LogP contribution in [0.2, 0.25) is 0 Å². The quantitative estimate of drug-likeness (QED) is 0.735. The number of ketones is 1. The first-order valence-corrected chi connectivity index (χ1v) is 7.55. The number of aliphatic carboxylic acids is 1. The van der Waals surface area contributed by atoms with Gasteiger partial charge in [0, 0.05) is 6.42 Å². The maximum atomic E-state index is 11.9. The minimum atomic E-state index is -1.36. The highest BCUT2D eigenvalue weighted by Crippen LogP contribution is 2.31. The van der Waals surface area contributed by atoms with Gasteiger partial charge in [0.15, 0.2) is 0 Å². The Kier molecular flexibility index (Phi) is 5.66. The van der Waals surface area contributed by atoms with Gasteiger partial charge in [-0.25, -0.2) is 0 Å². The number of carboxylic acids is 1. The molecule has 0 fully saturated rings. The molecule has 0 radical (unpaired) electrons. The predicted molar refractivity (Wildman–Crippen MR) is 87.0 cm³/mol. The second-order valence-electron chi connectivity index (χ2n) is 5.67. The van der Waals surface area contributed by atoms with E-state index in [-0.39, 0.29) is 6.42 Å². The Bertz CT molecular complexity index is 652. The van der Waals surface area contributed by atoms with E-state index < -0.39 is 23.8 Å². The summed E-state index contributed by atoms with van der Waals surface area (Å²) >= 11 is 0. The van der Waals surface area contributed by atoms with Crippen molar-refractivity contribution in [3.63, 3.8) is 0 Å². The Morgan fingerprint density at radius 1 is 0.913 bits per heavy atom. The molecule has 0 saturated heterocycles. The zero-order valence-electron chi connectivity index (χ0n) is 12.8. The number of carbonyl (C=O) groups excluding carboxylic acids is 1. The molecule has 0 amide bonds. The lowest BCUT2D eigenvalue weighted by Gasteiger charge is -2.28. The third-order valence-electron chi connectivity index (χ3n) is 3.82. The smallest absolute Gasteiger partial charge is 0.310 e. The summed E-state index contributed by atoms with van der Waals surface area (Å²) in [5, 5.41) is 19.8. The summed E-state index contributed by atoms with van der Waals surface area (Å²) in [6.07, 6.45) is 0.190. The fourth-order valence-corrected chi connectivity index (χ4v) is 2.64. The largest absolute Gasteiger partial charge is 0.481 e. The molecule has 4 nitrogen and oxygen atoms in total. The maximum absolute atomic E-state index is 11.9. The van der Waals surface area contributed by atoms with Crippen LogP contribution in [0.5, 0.6) is 0 Å². The molecule has 2 aromatic carbocycles. The van der Waals surface area contributed by atoms with Crippen LogP contribution in [-0.2, 0) is 21.6 Å². The van der Waals surface area contributed by atoms with E-state index in [1.807, 2.05) is 36.4 Å². The van der Waals surface area contributed by atoms with Crippen molar-refractivity contribution in [3.05, 3.63) is 71.8 Å². The first kappa shape index (κ1) is 16.9. The summed E-state index contributed by atoms with van der Waals surface area (Å²) in [7, 11) is 0. The number of hydrogen-bond donors (Lipinski definition) is 2. The molecule has 2 N–H and O–H groups in total. The van der Waals surface area contributed by atoms with E-state index in [1.54, 1.807) is 24.3 Å². The van der Waals surface area contributed by atoms with Gasteiger partial charge < -0.3 is 10.2 Å². The van der Waals surface area contributed by atoms with Gasteiger partial charge in [-0.2, -0.15) is 0 Å². The molecule has 0 aromatic heterocycles. The van der Waals surface area contributed by atoms with Crippen LogP contribution in [0.25, 0.3) is 0 Å². The second kappa shape index (κ2) is 7.70. The van der Waals surface area contributed by atoms with E-state index in [2.05, 4.69) is 0 Å². The van der Waals surface area contributed by atoms with Crippen molar-refractivity contribution in [2.24, 2.45) is 0 Å². The van der Waals surface area contributed by atoms with Gasteiger partial charge in [0.25, 0.3) is 0 Å². The predicted octanol–water partition coefficient (Wildman–Crippen LogP) is 2.94. The van der Waals surface area contributed by atoms with Crippen molar-refractivity contribution in [1.82, 2.24) is 0 Å². The van der Waals surface area contributed by atoms with Crippen LogP contribution < -0.4 is 0 Å².